The topological polar surface area (TPSA) is 70.7 Å². The van der Waals surface area contributed by atoms with Crippen molar-refractivity contribution in [1.29, 1.82) is 0 Å². The van der Waals surface area contributed by atoms with Crippen LogP contribution in [0.25, 0.3) is 0 Å². The quantitative estimate of drug-likeness (QED) is 0.238. The fourth-order valence-corrected chi connectivity index (χ4v) is 5.10. The van der Waals surface area contributed by atoms with Gasteiger partial charge in [-0.2, -0.15) is 0 Å². The van der Waals surface area contributed by atoms with Crippen LogP contribution < -0.4 is 15.4 Å². The molecule has 1 fully saturated rings. The predicted molar refractivity (Wildman–Crippen MR) is 153 cm³/mol. The second-order valence-electron chi connectivity index (χ2n) is 9.22. The van der Waals surface area contributed by atoms with Crippen molar-refractivity contribution in [3.05, 3.63) is 58.1 Å². The highest BCUT2D eigenvalue weighted by Gasteiger charge is 2.24. The Bertz CT molecular complexity index is 1060. The number of rotatable bonds is 10. The van der Waals surface area contributed by atoms with Crippen LogP contribution in [0.3, 0.4) is 0 Å². The van der Waals surface area contributed by atoms with E-state index in [9.17, 15) is 9.59 Å². The standard InChI is InChI=1S/C28H36BrN3O3S/c1-3-4-5-11-18-35-25-17-16-20(19-23(25)29)26(33)31-28(36)30-24-15-10-9-14-22(24)27(34)32(2)21-12-7-6-8-13-21/h9-10,14-17,19,21H,3-8,11-13,18H2,1-2H3,(H2,30,31,33,36). The number of ether oxygens (including phenoxy) is 1. The lowest BCUT2D eigenvalue weighted by molar-refractivity contribution is 0.0697. The molecule has 2 aromatic rings. The minimum absolute atomic E-state index is 0.0478. The van der Waals surface area contributed by atoms with Gasteiger partial charge >= 0.3 is 0 Å². The maximum atomic E-state index is 13.2. The zero-order valence-corrected chi connectivity index (χ0v) is 23.6. The molecule has 2 aromatic carbocycles. The molecule has 194 valence electrons. The van der Waals surface area contributed by atoms with Crippen LogP contribution in [-0.2, 0) is 0 Å². The number of hydrogen-bond donors (Lipinski definition) is 2. The number of halogens is 1. The lowest BCUT2D eigenvalue weighted by atomic mass is 9.94. The van der Waals surface area contributed by atoms with Crippen molar-refractivity contribution in [2.45, 2.75) is 70.8 Å². The molecule has 2 amide bonds. The maximum Gasteiger partial charge on any atom is 0.257 e. The van der Waals surface area contributed by atoms with Crippen molar-refractivity contribution in [2.75, 3.05) is 19.0 Å². The van der Waals surface area contributed by atoms with Crippen LogP contribution in [0.1, 0.15) is 85.4 Å². The van der Waals surface area contributed by atoms with Crippen molar-refractivity contribution in [1.82, 2.24) is 10.2 Å². The highest BCUT2D eigenvalue weighted by atomic mass is 79.9. The lowest BCUT2D eigenvalue weighted by Gasteiger charge is -2.31. The predicted octanol–water partition coefficient (Wildman–Crippen LogP) is 6.94. The van der Waals surface area contributed by atoms with Gasteiger partial charge in [-0.15, -0.1) is 0 Å². The Balaban J connectivity index is 1.58. The van der Waals surface area contributed by atoms with Crippen LogP contribution in [0.4, 0.5) is 5.69 Å². The number of thiocarbonyl (C=S) groups is 1. The average Bonchev–Trinajstić information content (AvgIpc) is 2.89. The van der Waals surface area contributed by atoms with Crippen LogP contribution in [0.2, 0.25) is 0 Å². The molecule has 6 nitrogen and oxygen atoms in total. The van der Waals surface area contributed by atoms with E-state index in [0.29, 0.717) is 33.6 Å². The number of carbonyl (C=O) groups is 2. The third kappa shape index (κ3) is 8.03. The molecule has 0 bridgehead atoms. The maximum absolute atomic E-state index is 13.2. The summed E-state index contributed by atoms with van der Waals surface area (Å²) in [5, 5.41) is 5.88. The molecule has 1 aliphatic rings. The van der Waals surface area contributed by atoms with Gasteiger partial charge in [0.05, 0.1) is 22.3 Å². The number of anilines is 1. The number of amides is 2. The summed E-state index contributed by atoms with van der Waals surface area (Å²) in [6, 6.07) is 12.7. The van der Waals surface area contributed by atoms with E-state index in [0.717, 1.165) is 38.5 Å². The highest BCUT2D eigenvalue weighted by molar-refractivity contribution is 9.10. The van der Waals surface area contributed by atoms with Crippen molar-refractivity contribution >= 4 is 50.8 Å². The summed E-state index contributed by atoms with van der Waals surface area (Å²) in [5.41, 5.74) is 1.56. The third-order valence-corrected chi connectivity index (χ3v) is 7.35. The summed E-state index contributed by atoms with van der Waals surface area (Å²) < 4.78 is 6.54. The van der Waals surface area contributed by atoms with Crippen molar-refractivity contribution < 1.29 is 14.3 Å². The van der Waals surface area contributed by atoms with Gasteiger partial charge < -0.3 is 15.0 Å². The minimum Gasteiger partial charge on any atom is -0.492 e. The van der Waals surface area contributed by atoms with Crippen LogP contribution in [0.5, 0.6) is 5.75 Å². The molecular formula is C28H36BrN3O3S. The molecule has 0 spiro atoms. The summed E-state index contributed by atoms with van der Waals surface area (Å²) >= 11 is 8.89. The van der Waals surface area contributed by atoms with E-state index in [-0.39, 0.29) is 23.0 Å². The molecule has 36 heavy (non-hydrogen) atoms. The number of para-hydroxylation sites is 1. The third-order valence-electron chi connectivity index (χ3n) is 6.53. The number of nitrogens with one attached hydrogen (secondary N) is 2. The number of benzene rings is 2. The van der Waals surface area contributed by atoms with Crippen LogP contribution in [-0.4, -0.2) is 41.5 Å². The van der Waals surface area contributed by atoms with Gasteiger partial charge in [0.1, 0.15) is 5.75 Å². The van der Waals surface area contributed by atoms with E-state index < -0.39 is 0 Å². The number of hydrogen-bond acceptors (Lipinski definition) is 4. The van der Waals surface area contributed by atoms with Crippen LogP contribution in [0.15, 0.2) is 46.9 Å². The molecule has 1 aliphatic carbocycles. The number of unbranched alkanes of at least 4 members (excludes halogenated alkanes) is 3. The van der Waals surface area contributed by atoms with Gasteiger partial charge in [-0.05, 0) is 77.7 Å². The molecule has 1 saturated carbocycles. The SMILES string of the molecule is CCCCCCOc1ccc(C(=O)NC(=S)Nc2ccccc2C(=O)N(C)C2CCCCC2)cc1Br. The highest BCUT2D eigenvalue weighted by Crippen LogP contribution is 2.27. The largest absolute Gasteiger partial charge is 0.492 e. The van der Waals surface area contributed by atoms with E-state index >= 15 is 0 Å². The van der Waals surface area contributed by atoms with Gasteiger partial charge in [-0.25, -0.2) is 0 Å². The average molecular weight is 575 g/mol. The van der Waals surface area contributed by atoms with E-state index in [4.69, 9.17) is 17.0 Å². The first-order valence-corrected chi connectivity index (χ1v) is 14.0. The van der Waals surface area contributed by atoms with Gasteiger partial charge in [0.25, 0.3) is 11.8 Å². The molecule has 3 rings (SSSR count). The Kier molecular flexibility index (Phi) is 11.2. The number of nitrogens with zero attached hydrogens (tertiary/aromatic N) is 1. The summed E-state index contributed by atoms with van der Waals surface area (Å²) in [5.74, 6) is 0.317. The van der Waals surface area contributed by atoms with Gasteiger partial charge in [0.15, 0.2) is 5.11 Å². The molecule has 0 radical (unpaired) electrons. The molecule has 0 heterocycles. The Morgan fingerprint density at radius 1 is 1.08 bits per heavy atom. The summed E-state index contributed by atoms with van der Waals surface area (Å²) in [7, 11) is 1.87. The van der Waals surface area contributed by atoms with Crippen molar-refractivity contribution in [3.8, 4) is 5.75 Å². The first kappa shape index (κ1) is 28.1. The second kappa shape index (κ2) is 14.3. The molecule has 0 unspecified atom stereocenters. The number of carbonyl (C=O) groups excluding carboxylic acids is 2. The lowest BCUT2D eigenvalue weighted by Crippen LogP contribution is -2.39. The Morgan fingerprint density at radius 3 is 2.56 bits per heavy atom. The zero-order valence-electron chi connectivity index (χ0n) is 21.1. The van der Waals surface area contributed by atoms with Gasteiger partial charge in [-0.3, -0.25) is 14.9 Å². The molecule has 0 aliphatic heterocycles. The monoisotopic (exact) mass is 573 g/mol. The van der Waals surface area contributed by atoms with Crippen LogP contribution in [0, 0.1) is 0 Å². The summed E-state index contributed by atoms with van der Waals surface area (Å²) in [4.78, 5) is 27.9. The normalized spacial score (nSPS) is 13.6. The Hall–Kier alpha value is -2.45. The Morgan fingerprint density at radius 2 is 1.83 bits per heavy atom. The van der Waals surface area contributed by atoms with Crippen LogP contribution >= 0.6 is 28.1 Å². The molecule has 8 heteroatoms. The molecular weight excluding hydrogens is 538 g/mol. The second-order valence-corrected chi connectivity index (χ2v) is 10.5. The zero-order chi connectivity index (χ0) is 25.9. The van der Waals surface area contributed by atoms with Gasteiger partial charge in [0, 0.05) is 18.7 Å². The van der Waals surface area contributed by atoms with E-state index in [1.54, 1.807) is 30.3 Å². The fourth-order valence-electron chi connectivity index (χ4n) is 4.40. The van der Waals surface area contributed by atoms with Gasteiger partial charge in [0.2, 0.25) is 0 Å². The van der Waals surface area contributed by atoms with Gasteiger partial charge in [-0.1, -0.05) is 57.6 Å². The Labute approximate surface area is 228 Å². The van der Waals surface area contributed by atoms with E-state index in [1.807, 2.05) is 24.1 Å². The van der Waals surface area contributed by atoms with E-state index in [2.05, 4.69) is 33.5 Å². The first-order valence-electron chi connectivity index (χ1n) is 12.8. The molecule has 0 aromatic heterocycles. The smallest absolute Gasteiger partial charge is 0.257 e. The fraction of sp³-hybridized carbons (Fsp3) is 0.464. The van der Waals surface area contributed by atoms with Crippen molar-refractivity contribution in [2.24, 2.45) is 0 Å². The van der Waals surface area contributed by atoms with Crippen molar-refractivity contribution in [3.63, 3.8) is 0 Å². The minimum atomic E-state index is -0.342. The molecule has 2 N–H and O–H groups in total. The summed E-state index contributed by atoms with van der Waals surface area (Å²) in [6.07, 6.45) is 10.1. The molecule has 0 saturated heterocycles. The molecule has 0 atom stereocenters. The first-order chi connectivity index (χ1) is 17.4. The summed E-state index contributed by atoms with van der Waals surface area (Å²) in [6.45, 7) is 2.82. The van der Waals surface area contributed by atoms with E-state index in [1.165, 1.54) is 19.3 Å².